The Balaban J connectivity index is 2.14. The lowest BCUT2D eigenvalue weighted by Crippen LogP contribution is -2.03. The fraction of sp³-hybridized carbons (Fsp3) is 0. The number of aromatic hydroxyl groups is 1. The van der Waals surface area contributed by atoms with Crippen LogP contribution in [0.2, 0.25) is 15.1 Å². The van der Waals surface area contributed by atoms with Crippen LogP contribution >= 0.6 is 34.8 Å². The number of para-hydroxylation sites is 1. The van der Waals surface area contributed by atoms with Gasteiger partial charge >= 0.3 is 0 Å². The van der Waals surface area contributed by atoms with Crippen LogP contribution < -0.4 is 5.32 Å². The summed E-state index contributed by atoms with van der Waals surface area (Å²) < 4.78 is 0. The van der Waals surface area contributed by atoms with Crippen LogP contribution in [0.1, 0.15) is 11.1 Å². The molecule has 3 rings (SSSR count). The Labute approximate surface area is 135 Å². The van der Waals surface area contributed by atoms with Crippen LogP contribution in [0.5, 0.6) is 5.75 Å². The van der Waals surface area contributed by atoms with Gasteiger partial charge in [0.15, 0.2) is 5.75 Å². The van der Waals surface area contributed by atoms with Crippen LogP contribution in [0.15, 0.2) is 30.3 Å². The molecule has 0 atom stereocenters. The highest BCUT2D eigenvalue weighted by atomic mass is 35.5. The molecular weight excluding hydrogens is 333 g/mol. The van der Waals surface area contributed by atoms with Gasteiger partial charge in [-0.05, 0) is 29.8 Å². The smallest absolute Gasteiger partial charge is 0.256 e. The molecule has 2 aromatic rings. The molecule has 0 saturated carbocycles. The molecule has 106 valence electrons. The van der Waals surface area contributed by atoms with Crippen LogP contribution in [-0.4, -0.2) is 11.0 Å². The summed E-state index contributed by atoms with van der Waals surface area (Å²) >= 11 is 17.8. The van der Waals surface area contributed by atoms with Gasteiger partial charge in [0.05, 0.1) is 20.8 Å². The molecule has 3 nitrogen and oxygen atoms in total. The number of fused-ring (bicyclic) bond motifs is 1. The lowest BCUT2D eigenvalue weighted by atomic mass is 10.0. The zero-order chi connectivity index (χ0) is 15.1. The number of carbonyl (C=O) groups excluding carboxylic acids is 1. The van der Waals surface area contributed by atoms with Gasteiger partial charge in [0.25, 0.3) is 5.91 Å². The first-order valence-electron chi connectivity index (χ1n) is 5.97. The number of hydrogen-bond donors (Lipinski definition) is 2. The van der Waals surface area contributed by atoms with E-state index < -0.39 is 0 Å². The van der Waals surface area contributed by atoms with E-state index in [9.17, 15) is 9.90 Å². The average Bonchev–Trinajstić information content (AvgIpc) is 2.75. The molecule has 0 unspecified atom stereocenters. The van der Waals surface area contributed by atoms with E-state index in [1.807, 2.05) is 0 Å². The number of phenols is 1. The molecule has 0 saturated heterocycles. The summed E-state index contributed by atoms with van der Waals surface area (Å²) in [4.78, 5) is 12.1. The zero-order valence-corrected chi connectivity index (χ0v) is 12.7. The van der Waals surface area contributed by atoms with Crippen LogP contribution in [0.3, 0.4) is 0 Å². The lowest BCUT2D eigenvalue weighted by molar-refractivity contribution is -0.110. The Morgan fingerprint density at radius 2 is 1.71 bits per heavy atom. The predicted octanol–water partition coefficient (Wildman–Crippen LogP) is 4.85. The molecule has 21 heavy (non-hydrogen) atoms. The van der Waals surface area contributed by atoms with E-state index in [-0.39, 0.29) is 21.7 Å². The van der Waals surface area contributed by atoms with E-state index >= 15 is 0 Å². The van der Waals surface area contributed by atoms with Crippen molar-refractivity contribution in [2.24, 2.45) is 0 Å². The molecule has 1 heterocycles. The number of halogens is 3. The molecule has 0 radical (unpaired) electrons. The largest absolute Gasteiger partial charge is 0.505 e. The maximum absolute atomic E-state index is 12.1. The van der Waals surface area contributed by atoms with Gasteiger partial charge in [-0.3, -0.25) is 4.79 Å². The van der Waals surface area contributed by atoms with Crippen LogP contribution in [0.25, 0.3) is 11.6 Å². The summed E-state index contributed by atoms with van der Waals surface area (Å²) in [5.41, 5.74) is 2.38. The van der Waals surface area contributed by atoms with E-state index in [2.05, 4.69) is 5.32 Å². The number of benzene rings is 2. The van der Waals surface area contributed by atoms with Crippen LogP contribution in [0, 0.1) is 0 Å². The van der Waals surface area contributed by atoms with E-state index in [1.165, 1.54) is 12.1 Å². The van der Waals surface area contributed by atoms with Crippen molar-refractivity contribution in [1.82, 2.24) is 0 Å². The quantitative estimate of drug-likeness (QED) is 0.729. The molecule has 6 heteroatoms. The molecular formula is C15H8Cl3NO2. The topological polar surface area (TPSA) is 49.3 Å². The van der Waals surface area contributed by atoms with Gasteiger partial charge in [-0.2, -0.15) is 0 Å². The number of phenolic OH excluding ortho intramolecular Hbond substituents is 1. The number of rotatable bonds is 1. The summed E-state index contributed by atoms with van der Waals surface area (Å²) in [5, 5.41) is 13.0. The van der Waals surface area contributed by atoms with E-state index in [0.717, 1.165) is 0 Å². The number of carbonyl (C=O) groups is 1. The molecule has 0 fully saturated rings. The monoisotopic (exact) mass is 339 g/mol. The van der Waals surface area contributed by atoms with Crippen molar-refractivity contribution in [3.05, 3.63) is 56.5 Å². The number of hydrogen-bond acceptors (Lipinski definition) is 2. The van der Waals surface area contributed by atoms with Crippen molar-refractivity contribution in [2.75, 3.05) is 5.32 Å². The van der Waals surface area contributed by atoms with Crippen LogP contribution in [-0.2, 0) is 4.79 Å². The SMILES string of the molecule is O=C1Nc2c(Cl)cccc2/C1=C\c1cc(Cl)c(O)c(Cl)c1. The van der Waals surface area contributed by atoms with Gasteiger partial charge < -0.3 is 10.4 Å². The fourth-order valence-corrected chi connectivity index (χ4v) is 2.88. The Hall–Kier alpha value is -1.68. The third-order valence-corrected chi connectivity index (χ3v) is 4.03. The Morgan fingerprint density at radius 3 is 2.38 bits per heavy atom. The van der Waals surface area contributed by atoms with Crippen molar-refractivity contribution < 1.29 is 9.90 Å². The minimum absolute atomic E-state index is 0.124. The predicted molar refractivity (Wildman–Crippen MR) is 86.1 cm³/mol. The standard InChI is InChI=1S/C15H8Cl3NO2/c16-10-3-1-2-8-9(15(21)19-13(8)10)4-7-5-11(17)14(20)12(18)6-7/h1-6,20H,(H,19,21)/b9-4+. The highest BCUT2D eigenvalue weighted by molar-refractivity contribution is 6.41. The summed E-state index contributed by atoms with van der Waals surface area (Å²) in [6.07, 6.45) is 1.65. The minimum Gasteiger partial charge on any atom is -0.505 e. The number of anilines is 1. The van der Waals surface area contributed by atoms with Gasteiger partial charge in [0.2, 0.25) is 0 Å². The summed E-state index contributed by atoms with van der Waals surface area (Å²) in [6.45, 7) is 0. The molecule has 2 aromatic carbocycles. The van der Waals surface area contributed by atoms with E-state index in [1.54, 1.807) is 24.3 Å². The molecule has 1 aliphatic rings. The summed E-state index contributed by atoms with van der Waals surface area (Å²) in [7, 11) is 0. The molecule has 1 aliphatic heterocycles. The molecule has 2 N–H and O–H groups in total. The van der Waals surface area contributed by atoms with Gasteiger partial charge in [-0.25, -0.2) is 0 Å². The van der Waals surface area contributed by atoms with Crippen molar-refractivity contribution >= 4 is 58.0 Å². The molecule has 0 aliphatic carbocycles. The van der Waals surface area contributed by atoms with Crippen molar-refractivity contribution in [3.63, 3.8) is 0 Å². The molecule has 0 aromatic heterocycles. The van der Waals surface area contributed by atoms with Crippen molar-refractivity contribution in [2.45, 2.75) is 0 Å². The van der Waals surface area contributed by atoms with Gasteiger partial charge in [0, 0.05) is 11.1 Å². The van der Waals surface area contributed by atoms with E-state index in [0.29, 0.717) is 27.4 Å². The Bertz CT molecular complexity index is 776. The van der Waals surface area contributed by atoms with Crippen molar-refractivity contribution in [1.29, 1.82) is 0 Å². The maximum atomic E-state index is 12.1. The lowest BCUT2D eigenvalue weighted by Gasteiger charge is -2.03. The number of nitrogens with one attached hydrogen (secondary N) is 1. The van der Waals surface area contributed by atoms with Crippen LogP contribution in [0.4, 0.5) is 5.69 Å². The number of amides is 1. The summed E-state index contributed by atoms with van der Waals surface area (Å²) in [5.74, 6) is -0.432. The molecule has 0 spiro atoms. The summed E-state index contributed by atoms with van der Waals surface area (Å²) in [6, 6.07) is 8.34. The second kappa shape index (κ2) is 5.26. The third-order valence-electron chi connectivity index (χ3n) is 3.14. The zero-order valence-electron chi connectivity index (χ0n) is 10.5. The first-order valence-corrected chi connectivity index (χ1v) is 7.10. The van der Waals surface area contributed by atoms with Gasteiger partial charge in [-0.15, -0.1) is 0 Å². The fourth-order valence-electron chi connectivity index (χ4n) is 2.16. The van der Waals surface area contributed by atoms with Gasteiger partial charge in [0.1, 0.15) is 0 Å². The first-order chi connectivity index (χ1) is 9.97. The maximum Gasteiger partial charge on any atom is 0.256 e. The first kappa shape index (κ1) is 14.3. The highest BCUT2D eigenvalue weighted by Gasteiger charge is 2.25. The Kier molecular flexibility index (Phi) is 3.57. The van der Waals surface area contributed by atoms with E-state index in [4.69, 9.17) is 34.8 Å². The molecule has 0 bridgehead atoms. The second-order valence-electron chi connectivity index (χ2n) is 4.51. The minimum atomic E-state index is -0.251. The highest BCUT2D eigenvalue weighted by Crippen LogP contribution is 2.39. The van der Waals surface area contributed by atoms with Gasteiger partial charge in [-0.1, -0.05) is 46.9 Å². The molecule has 1 amide bonds. The average molecular weight is 341 g/mol. The Morgan fingerprint density at radius 1 is 1.05 bits per heavy atom. The normalized spacial score (nSPS) is 15.2. The third kappa shape index (κ3) is 2.48. The second-order valence-corrected chi connectivity index (χ2v) is 5.73. The van der Waals surface area contributed by atoms with Crippen molar-refractivity contribution in [3.8, 4) is 5.75 Å².